The molecule has 0 aliphatic rings. The van der Waals surface area contributed by atoms with E-state index in [9.17, 15) is 0 Å². The van der Waals surface area contributed by atoms with Crippen LogP contribution in [0.2, 0.25) is 5.02 Å². The zero-order chi connectivity index (χ0) is 12.9. The van der Waals surface area contributed by atoms with Crippen LogP contribution in [0.3, 0.4) is 0 Å². The Bertz CT molecular complexity index is 363. The molecule has 2 nitrogen and oxygen atoms in total. The van der Waals surface area contributed by atoms with Gasteiger partial charge >= 0.3 is 0 Å². The van der Waals surface area contributed by atoms with E-state index in [0.29, 0.717) is 0 Å². The summed E-state index contributed by atoms with van der Waals surface area (Å²) in [5.41, 5.74) is 1.24. The summed E-state index contributed by atoms with van der Waals surface area (Å²) in [4.78, 5) is 0. The van der Waals surface area contributed by atoms with Crippen molar-refractivity contribution >= 4 is 11.6 Å². The molecule has 0 radical (unpaired) electrons. The predicted octanol–water partition coefficient (Wildman–Crippen LogP) is 4.02. The maximum absolute atomic E-state index is 6.00. The third kappa shape index (κ3) is 4.57. The number of hydrogen-bond acceptors (Lipinski definition) is 2. The summed E-state index contributed by atoms with van der Waals surface area (Å²) in [6.45, 7) is 7.40. The number of methoxy groups -OCH3 is 1. The first-order valence-electron chi connectivity index (χ1n) is 6.06. The lowest BCUT2D eigenvalue weighted by Gasteiger charge is -2.26. The molecule has 96 valence electrons. The molecule has 0 amide bonds. The quantitative estimate of drug-likeness (QED) is 0.829. The highest BCUT2D eigenvalue weighted by Gasteiger charge is 2.16. The smallest absolute Gasteiger partial charge is 0.123 e. The van der Waals surface area contributed by atoms with E-state index in [4.69, 9.17) is 16.3 Å². The third-order valence-corrected chi connectivity index (χ3v) is 3.11. The average molecular weight is 256 g/mol. The predicted molar refractivity (Wildman–Crippen MR) is 73.8 cm³/mol. The van der Waals surface area contributed by atoms with Crippen molar-refractivity contribution in [3.05, 3.63) is 28.8 Å². The van der Waals surface area contributed by atoms with Crippen LogP contribution >= 0.6 is 11.6 Å². The van der Waals surface area contributed by atoms with Crippen molar-refractivity contribution in [1.82, 2.24) is 5.32 Å². The second-order valence-corrected chi connectivity index (χ2v) is 5.38. The van der Waals surface area contributed by atoms with Crippen molar-refractivity contribution in [3.63, 3.8) is 0 Å². The van der Waals surface area contributed by atoms with Crippen molar-refractivity contribution in [2.24, 2.45) is 0 Å². The fraction of sp³-hybridized carbons (Fsp3) is 0.571. The Balaban J connectivity index is 2.71. The molecular formula is C14H22ClNO. The van der Waals surface area contributed by atoms with E-state index >= 15 is 0 Å². The van der Waals surface area contributed by atoms with Gasteiger partial charge in [-0.2, -0.15) is 0 Å². The van der Waals surface area contributed by atoms with Crippen LogP contribution < -0.4 is 10.1 Å². The molecule has 0 bridgehead atoms. The summed E-state index contributed by atoms with van der Waals surface area (Å²) in [6, 6.07) is 5.71. The van der Waals surface area contributed by atoms with Crippen LogP contribution in [0, 0.1) is 0 Å². The first kappa shape index (κ1) is 14.3. The Labute approximate surface area is 109 Å². The minimum Gasteiger partial charge on any atom is -0.496 e. The zero-order valence-corrected chi connectivity index (χ0v) is 11.9. The molecule has 0 heterocycles. The molecule has 1 N–H and O–H groups in total. The van der Waals surface area contributed by atoms with Gasteiger partial charge in [-0.05, 0) is 38.5 Å². The number of ether oxygens (including phenoxy) is 1. The van der Waals surface area contributed by atoms with Crippen molar-refractivity contribution in [1.29, 1.82) is 0 Å². The van der Waals surface area contributed by atoms with Gasteiger partial charge in [0.05, 0.1) is 7.11 Å². The van der Waals surface area contributed by atoms with Gasteiger partial charge in [-0.15, -0.1) is 0 Å². The highest BCUT2D eigenvalue weighted by Crippen LogP contribution is 2.23. The van der Waals surface area contributed by atoms with E-state index in [2.05, 4.69) is 26.1 Å². The van der Waals surface area contributed by atoms with Crippen molar-refractivity contribution in [2.45, 2.75) is 45.7 Å². The first-order valence-corrected chi connectivity index (χ1v) is 6.44. The number of rotatable bonds is 6. The Kier molecular flexibility index (Phi) is 5.29. The molecule has 3 heteroatoms. The van der Waals surface area contributed by atoms with Gasteiger partial charge in [0.25, 0.3) is 0 Å². The number of nitrogens with one attached hydrogen (secondary N) is 1. The van der Waals surface area contributed by atoms with Crippen LogP contribution in [-0.4, -0.2) is 12.6 Å². The molecular weight excluding hydrogens is 234 g/mol. The normalized spacial score (nSPS) is 11.6. The van der Waals surface area contributed by atoms with Gasteiger partial charge < -0.3 is 10.1 Å². The summed E-state index contributed by atoms with van der Waals surface area (Å²) in [5.74, 6) is 0.884. The zero-order valence-electron chi connectivity index (χ0n) is 11.1. The maximum atomic E-state index is 6.00. The standard InChI is InChI=1S/C14H22ClNO/c1-5-8-14(2,3)16-10-11-9-12(15)6-7-13(11)17-4/h6-7,9,16H,5,8,10H2,1-4H3. The van der Waals surface area contributed by atoms with Gasteiger partial charge in [-0.3, -0.25) is 0 Å². The van der Waals surface area contributed by atoms with Gasteiger partial charge in [-0.25, -0.2) is 0 Å². The molecule has 0 aliphatic heterocycles. The van der Waals surface area contributed by atoms with E-state index < -0.39 is 0 Å². The van der Waals surface area contributed by atoms with Gasteiger partial charge in [0.2, 0.25) is 0 Å². The average Bonchev–Trinajstić information content (AvgIpc) is 2.27. The molecule has 1 rings (SSSR count). The van der Waals surface area contributed by atoms with Gasteiger partial charge in [0.15, 0.2) is 0 Å². The van der Waals surface area contributed by atoms with Gasteiger partial charge in [0.1, 0.15) is 5.75 Å². The lowest BCUT2D eigenvalue weighted by molar-refractivity contribution is 0.350. The minimum atomic E-state index is 0.141. The highest BCUT2D eigenvalue weighted by atomic mass is 35.5. The molecule has 0 fully saturated rings. The van der Waals surface area contributed by atoms with E-state index in [1.54, 1.807) is 7.11 Å². The molecule has 1 aromatic carbocycles. The Morgan fingerprint density at radius 1 is 1.35 bits per heavy atom. The van der Waals surface area contributed by atoms with Gasteiger partial charge in [-0.1, -0.05) is 24.9 Å². The van der Waals surface area contributed by atoms with Crippen LogP contribution in [0.1, 0.15) is 39.2 Å². The van der Waals surface area contributed by atoms with E-state index in [1.165, 1.54) is 6.42 Å². The fourth-order valence-corrected chi connectivity index (χ4v) is 2.13. The Morgan fingerprint density at radius 3 is 2.65 bits per heavy atom. The van der Waals surface area contributed by atoms with Crippen LogP contribution in [-0.2, 0) is 6.54 Å². The summed E-state index contributed by atoms with van der Waals surface area (Å²) in [7, 11) is 1.68. The lowest BCUT2D eigenvalue weighted by atomic mass is 9.98. The van der Waals surface area contributed by atoms with Crippen LogP contribution in [0.25, 0.3) is 0 Å². The molecule has 0 saturated heterocycles. The summed E-state index contributed by atoms with van der Waals surface area (Å²) >= 11 is 6.00. The first-order chi connectivity index (χ1) is 7.98. The van der Waals surface area contributed by atoms with Gasteiger partial charge in [0, 0.05) is 22.7 Å². The fourth-order valence-electron chi connectivity index (χ4n) is 1.93. The van der Waals surface area contributed by atoms with Crippen molar-refractivity contribution in [2.75, 3.05) is 7.11 Å². The molecule has 0 aliphatic carbocycles. The summed E-state index contributed by atoms with van der Waals surface area (Å²) in [5, 5.41) is 4.29. The second-order valence-electron chi connectivity index (χ2n) is 4.94. The van der Waals surface area contributed by atoms with Crippen molar-refractivity contribution in [3.8, 4) is 5.75 Å². The summed E-state index contributed by atoms with van der Waals surface area (Å²) in [6.07, 6.45) is 2.32. The molecule has 17 heavy (non-hydrogen) atoms. The van der Waals surface area contributed by atoms with Crippen LogP contribution in [0.4, 0.5) is 0 Å². The van der Waals surface area contributed by atoms with E-state index in [1.807, 2.05) is 18.2 Å². The largest absolute Gasteiger partial charge is 0.496 e. The minimum absolute atomic E-state index is 0.141. The molecule has 1 aromatic rings. The molecule has 0 unspecified atom stereocenters. The number of benzene rings is 1. The Hall–Kier alpha value is -0.730. The number of halogens is 1. The number of hydrogen-bond donors (Lipinski definition) is 1. The monoisotopic (exact) mass is 255 g/mol. The van der Waals surface area contributed by atoms with Crippen LogP contribution in [0.5, 0.6) is 5.75 Å². The third-order valence-electron chi connectivity index (χ3n) is 2.87. The summed E-state index contributed by atoms with van der Waals surface area (Å²) < 4.78 is 5.33. The maximum Gasteiger partial charge on any atom is 0.123 e. The second kappa shape index (κ2) is 6.27. The van der Waals surface area contributed by atoms with Crippen molar-refractivity contribution < 1.29 is 4.74 Å². The highest BCUT2D eigenvalue weighted by molar-refractivity contribution is 6.30. The Morgan fingerprint density at radius 2 is 2.06 bits per heavy atom. The lowest BCUT2D eigenvalue weighted by Crippen LogP contribution is -2.38. The van der Waals surface area contributed by atoms with Crippen LogP contribution in [0.15, 0.2) is 18.2 Å². The topological polar surface area (TPSA) is 21.3 Å². The molecule has 0 spiro atoms. The van der Waals surface area contributed by atoms with E-state index in [-0.39, 0.29) is 5.54 Å². The van der Waals surface area contributed by atoms with E-state index in [0.717, 1.165) is 29.3 Å². The molecule has 0 aromatic heterocycles. The molecule has 0 saturated carbocycles. The SMILES string of the molecule is CCCC(C)(C)NCc1cc(Cl)ccc1OC. The molecule has 0 atom stereocenters.